The number of rotatable bonds is 4. The van der Waals surface area contributed by atoms with Crippen molar-refractivity contribution in [2.24, 2.45) is 17.6 Å². The fourth-order valence-corrected chi connectivity index (χ4v) is 1.07. The first-order valence-corrected chi connectivity index (χ1v) is 3.92. The van der Waals surface area contributed by atoms with Gasteiger partial charge in [0.1, 0.15) is 0 Å². The first-order valence-electron chi connectivity index (χ1n) is 3.92. The minimum atomic E-state index is -0.770. The van der Waals surface area contributed by atoms with Gasteiger partial charge in [-0.2, -0.15) is 0 Å². The van der Waals surface area contributed by atoms with Crippen LogP contribution in [0.2, 0.25) is 0 Å². The second-order valence-electron chi connectivity index (χ2n) is 3.40. The van der Waals surface area contributed by atoms with Crippen LogP contribution in [0.25, 0.3) is 0 Å². The molecule has 0 aliphatic heterocycles. The SMILES string of the molecule is CC(C)C(N)C(C)CC(=O)O. The third-order valence-electron chi connectivity index (χ3n) is 1.92. The molecule has 0 aromatic carbocycles. The van der Waals surface area contributed by atoms with Crippen molar-refractivity contribution in [1.82, 2.24) is 0 Å². The van der Waals surface area contributed by atoms with Crippen LogP contribution in [0.5, 0.6) is 0 Å². The molecule has 0 rings (SSSR count). The molecule has 0 aliphatic rings. The van der Waals surface area contributed by atoms with Crippen LogP contribution in [0, 0.1) is 11.8 Å². The smallest absolute Gasteiger partial charge is 0.303 e. The van der Waals surface area contributed by atoms with Crippen LogP contribution in [-0.4, -0.2) is 17.1 Å². The van der Waals surface area contributed by atoms with Crippen LogP contribution < -0.4 is 5.73 Å². The van der Waals surface area contributed by atoms with Crippen molar-refractivity contribution in [3.63, 3.8) is 0 Å². The van der Waals surface area contributed by atoms with Crippen LogP contribution >= 0.6 is 0 Å². The lowest BCUT2D eigenvalue weighted by molar-refractivity contribution is -0.138. The van der Waals surface area contributed by atoms with Gasteiger partial charge in [-0.25, -0.2) is 0 Å². The molecule has 0 aromatic rings. The number of aliphatic carboxylic acids is 1. The molecule has 0 aliphatic carbocycles. The summed E-state index contributed by atoms with van der Waals surface area (Å²) >= 11 is 0. The van der Waals surface area contributed by atoms with Gasteiger partial charge in [0.05, 0.1) is 0 Å². The summed E-state index contributed by atoms with van der Waals surface area (Å²) in [6.45, 7) is 5.88. The highest BCUT2D eigenvalue weighted by Crippen LogP contribution is 2.13. The highest BCUT2D eigenvalue weighted by atomic mass is 16.4. The van der Waals surface area contributed by atoms with Crippen molar-refractivity contribution in [3.8, 4) is 0 Å². The van der Waals surface area contributed by atoms with Crippen LogP contribution in [0.1, 0.15) is 27.2 Å². The molecule has 0 saturated carbocycles. The molecule has 0 fully saturated rings. The van der Waals surface area contributed by atoms with Gasteiger partial charge in [0.2, 0.25) is 0 Å². The first-order chi connectivity index (χ1) is 4.95. The summed E-state index contributed by atoms with van der Waals surface area (Å²) in [5, 5.41) is 8.46. The second kappa shape index (κ2) is 4.34. The summed E-state index contributed by atoms with van der Waals surface area (Å²) in [6, 6.07) is -0.00824. The predicted octanol–water partition coefficient (Wildman–Crippen LogP) is 1.08. The monoisotopic (exact) mass is 159 g/mol. The van der Waals surface area contributed by atoms with Gasteiger partial charge in [0.15, 0.2) is 0 Å². The van der Waals surface area contributed by atoms with Gasteiger partial charge in [-0.15, -0.1) is 0 Å². The number of hydrogen-bond acceptors (Lipinski definition) is 2. The maximum atomic E-state index is 10.3. The lowest BCUT2D eigenvalue weighted by Crippen LogP contribution is -2.34. The lowest BCUT2D eigenvalue weighted by Gasteiger charge is -2.21. The average molecular weight is 159 g/mol. The number of carbonyl (C=O) groups is 1. The van der Waals surface area contributed by atoms with E-state index in [2.05, 4.69) is 0 Å². The molecular formula is C8H17NO2. The van der Waals surface area contributed by atoms with Gasteiger partial charge in [0, 0.05) is 12.5 Å². The molecule has 0 aromatic heterocycles. The van der Waals surface area contributed by atoms with Crippen LogP contribution in [0.15, 0.2) is 0 Å². The van der Waals surface area contributed by atoms with Crippen molar-refractivity contribution < 1.29 is 9.90 Å². The van der Waals surface area contributed by atoms with E-state index in [-0.39, 0.29) is 18.4 Å². The summed E-state index contributed by atoms with van der Waals surface area (Å²) in [6.07, 6.45) is 0.166. The fraction of sp³-hybridized carbons (Fsp3) is 0.875. The van der Waals surface area contributed by atoms with Crippen molar-refractivity contribution in [2.45, 2.75) is 33.2 Å². The predicted molar refractivity (Wildman–Crippen MR) is 44.2 cm³/mol. The standard InChI is InChI=1S/C8H17NO2/c1-5(2)8(9)6(3)4-7(10)11/h5-6,8H,4,9H2,1-3H3,(H,10,11). The highest BCUT2D eigenvalue weighted by Gasteiger charge is 2.18. The summed E-state index contributed by atoms with van der Waals surface area (Å²) < 4.78 is 0. The molecule has 66 valence electrons. The Morgan fingerprint density at radius 2 is 1.91 bits per heavy atom. The van der Waals surface area contributed by atoms with E-state index in [4.69, 9.17) is 10.8 Å². The zero-order valence-corrected chi connectivity index (χ0v) is 7.37. The van der Waals surface area contributed by atoms with Crippen LogP contribution in [-0.2, 0) is 4.79 Å². The quantitative estimate of drug-likeness (QED) is 0.645. The summed E-state index contributed by atoms with van der Waals surface area (Å²) in [7, 11) is 0. The molecule has 2 unspecified atom stereocenters. The molecule has 11 heavy (non-hydrogen) atoms. The third-order valence-corrected chi connectivity index (χ3v) is 1.92. The molecule has 0 saturated heterocycles. The van der Waals surface area contributed by atoms with Gasteiger partial charge in [-0.1, -0.05) is 20.8 Å². The van der Waals surface area contributed by atoms with Crippen molar-refractivity contribution in [2.75, 3.05) is 0 Å². The van der Waals surface area contributed by atoms with E-state index in [1.54, 1.807) is 0 Å². The maximum absolute atomic E-state index is 10.3. The van der Waals surface area contributed by atoms with E-state index in [1.807, 2.05) is 20.8 Å². The Labute approximate surface area is 67.6 Å². The molecule has 0 heterocycles. The number of carboxylic acid groups (broad SMARTS) is 1. The van der Waals surface area contributed by atoms with Gasteiger partial charge >= 0.3 is 5.97 Å². The lowest BCUT2D eigenvalue weighted by atomic mass is 9.90. The summed E-state index contributed by atoms with van der Waals surface area (Å²) in [5.41, 5.74) is 5.74. The molecule has 3 nitrogen and oxygen atoms in total. The fourth-order valence-electron chi connectivity index (χ4n) is 1.07. The molecule has 0 spiro atoms. The Morgan fingerprint density at radius 1 is 1.45 bits per heavy atom. The number of hydrogen-bond donors (Lipinski definition) is 2. The second-order valence-corrected chi connectivity index (χ2v) is 3.40. The van der Waals surface area contributed by atoms with E-state index in [0.29, 0.717) is 5.92 Å². The maximum Gasteiger partial charge on any atom is 0.303 e. The number of nitrogens with two attached hydrogens (primary N) is 1. The minimum Gasteiger partial charge on any atom is -0.481 e. The Kier molecular flexibility index (Phi) is 4.11. The minimum absolute atomic E-state index is 0.00824. The van der Waals surface area contributed by atoms with Gasteiger partial charge in [-0.05, 0) is 11.8 Å². The Morgan fingerprint density at radius 3 is 2.18 bits per heavy atom. The Bertz CT molecular complexity index is 134. The molecule has 2 atom stereocenters. The Balaban J connectivity index is 3.82. The molecule has 3 heteroatoms. The van der Waals surface area contributed by atoms with Gasteiger partial charge in [0.25, 0.3) is 0 Å². The summed E-state index contributed by atoms with van der Waals surface area (Å²) in [5.74, 6) is -0.356. The average Bonchev–Trinajstić information content (AvgIpc) is 1.84. The third kappa shape index (κ3) is 3.98. The van der Waals surface area contributed by atoms with Gasteiger partial charge < -0.3 is 10.8 Å². The highest BCUT2D eigenvalue weighted by molar-refractivity contribution is 5.67. The summed E-state index contributed by atoms with van der Waals surface area (Å²) in [4.78, 5) is 10.3. The van der Waals surface area contributed by atoms with E-state index in [9.17, 15) is 4.79 Å². The van der Waals surface area contributed by atoms with Crippen molar-refractivity contribution in [1.29, 1.82) is 0 Å². The van der Waals surface area contributed by atoms with Crippen LogP contribution in [0.3, 0.4) is 0 Å². The molecule has 0 radical (unpaired) electrons. The molecular weight excluding hydrogens is 142 g/mol. The first kappa shape index (κ1) is 10.4. The van der Waals surface area contributed by atoms with Gasteiger partial charge in [-0.3, -0.25) is 4.79 Å². The van der Waals surface area contributed by atoms with E-state index < -0.39 is 5.97 Å². The van der Waals surface area contributed by atoms with Crippen molar-refractivity contribution >= 4 is 5.97 Å². The topological polar surface area (TPSA) is 63.3 Å². The zero-order valence-electron chi connectivity index (χ0n) is 7.37. The van der Waals surface area contributed by atoms with E-state index >= 15 is 0 Å². The zero-order chi connectivity index (χ0) is 9.02. The normalized spacial score (nSPS) is 16.5. The van der Waals surface area contributed by atoms with E-state index in [1.165, 1.54) is 0 Å². The molecule has 0 bridgehead atoms. The van der Waals surface area contributed by atoms with Crippen LogP contribution in [0.4, 0.5) is 0 Å². The Hall–Kier alpha value is -0.570. The molecule has 0 amide bonds. The molecule has 3 N–H and O–H groups in total. The van der Waals surface area contributed by atoms with E-state index in [0.717, 1.165) is 0 Å². The number of carboxylic acids is 1. The largest absolute Gasteiger partial charge is 0.481 e. The van der Waals surface area contributed by atoms with Crippen molar-refractivity contribution in [3.05, 3.63) is 0 Å².